The zero-order chi connectivity index (χ0) is 20.1. The molecule has 1 unspecified atom stereocenters. The monoisotopic (exact) mass is 386 g/mol. The highest BCUT2D eigenvalue weighted by molar-refractivity contribution is 6.07. The van der Waals surface area contributed by atoms with Gasteiger partial charge in [-0.2, -0.15) is 0 Å². The third-order valence-electron chi connectivity index (χ3n) is 5.82. The molecule has 152 valence electrons. The summed E-state index contributed by atoms with van der Waals surface area (Å²) in [4.78, 5) is 40.6. The number of benzene rings is 1. The summed E-state index contributed by atoms with van der Waals surface area (Å²) in [5, 5.41) is 5.82. The van der Waals surface area contributed by atoms with Crippen LogP contribution in [0.4, 0.5) is 4.79 Å². The number of hydrogen-bond acceptors (Lipinski definition) is 4. The van der Waals surface area contributed by atoms with Crippen LogP contribution < -0.4 is 10.6 Å². The molecule has 2 fully saturated rings. The lowest BCUT2D eigenvalue weighted by Gasteiger charge is -2.30. The Balaban J connectivity index is 1.51. The normalized spacial score (nSPS) is 19.8. The van der Waals surface area contributed by atoms with Crippen LogP contribution >= 0.6 is 0 Å². The molecule has 28 heavy (non-hydrogen) atoms. The Morgan fingerprint density at radius 1 is 1.18 bits per heavy atom. The molecule has 1 aliphatic heterocycles. The van der Waals surface area contributed by atoms with E-state index in [1.807, 2.05) is 44.4 Å². The minimum absolute atomic E-state index is 0.0624. The fourth-order valence-corrected chi connectivity index (χ4v) is 4.16. The van der Waals surface area contributed by atoms with Crippen molar-refractivity contribution in [2.24, 2.45) is 0 Å². The minimum Gasteiger partial charge on any atom is -0.354 e. The summed E-state index contributed by atoms with van der Waals surface area (Å²) in [6, 6.07) is 9.69. The average Bonchev–Trinajstić information content (AvgIpc) is 2.90. The second kappa shape index (κ2) is 8.73. The van der Waals surface area contributed by atoms with Crippen molar-refractivity contribution in [1.82, 2.24) is 20.4 Å². The van der Waals surface area contributed by atoms with Crippen LogP contribution in [0.2, 0.25) is 0 Å². The van der Waals surface area contributed by atoms with Gasteiger partial charge in [0, 0.05) is 19.5 Å². The summed E-state index contributed by atoms with van der Waals surface area (Å²) in [7, 11) is 3.95. The number of nitrogens with one attached hydrogen (secondary N) is 2. The molecule has 1 atom stereocenters. The van der Waals surface area contributed by atoms with E-state index in [1.54, 1.807) is 0 Å². The fourth-order valence-electron chi connectivity index (χ4n) is 4.16. The molecule has 2 aliphatic rings. The van der Waals surface area contributed by atoms with Gasteiger partial charge in [0.15, 0.2) is 0 Å². The van der Waals surface area contributed by atoms with Crippen molar-refractivity contribution in [3.8, 4) is 0 Å². The first kappa shape index (κ1) is 20.3. The maximum Gasteiger partial charge on any atom is 0.325 e. The highest BCUT2D eigenvalue weighted by Gasteiger charge is 2.51. The van der Waals surface area contributed by atoms with Crippen LogP contribution in [0, 0.1) is 0 Å². The molecular formula is C21H30N4O3. The summed E-state index contributed by atoms with van der Waals surface area (Å²) in [6.07, 6.45) is 4.51. The minimum atomic E-state index is -0.727. The number of hydrogen-bond donors (Lipinski definition) is 2. The van der Waals surface area contributed by atoms with E-state index in [4.69, 9.17) is 0 Å². The van der Waals surface area contributed by atoms with Crippen molar-refractivity contribution in [3.05, 3.63) is 35.9 Å². The molecule has 1 aliphatic carbocycles. The predicted molar refractivity (Wildman–Crippen MR) is 107 cm³/mol. The molecule has 1 aromatic rings. The van der Waals surface area contributed by atoms with E-state index < -0.39 is 5.54 Å². The Hall–Kier alpha value is -2.41. The molecule has 7 heteroatoms. The van der Waals surface area contributed by atoms with Crippen molar-refractivity contribution in [3.63, 3.8) is 0 Å². The molecule has 0 bridgehead atoms. The third kappa shape index (κ3) is 4.35. The van der Waals surface area contributed by atoms with Crippen LogP contribution in [-0.2, 0) is 9.59 Å². The van der Waals surface area contributed by atoms with Crippen molar-refractivity contribution < 1.29 is 14.4 Å². The van der Waals surface area contributed by atoms with E-state index in [9.17, 15) is 14.4 Å². The highest BCUT2D eigenvalue weighted by atomic mass is 16.2. The van der Waals surface area contributed by atoms with Gasteiger partial charge in [-0.3, -0.25) is 14.5 Å². The molecule has 4 amide bonds. The van der Waals surface area contributed by atoms with Gasteiger partial charge in [0.05, 0.1) is 6.04 Å². The lowest BCUT2D eigenvalue weighted by Crippen LogP contribution is -2.48. The van der Waals surface area contributed by atoms with Gasteiger partial charge in [0.25, 0.3) is 5.91 Å². The number of amides is 4. The molecule has 0 radical (unpaired) electrons. The summed E-state index contributed by atoms with van der Waals surface area (Å²) >= 11 is 0. The van der Waals surface area contributed by atoms with Crippen molar-refractivity contribution >= 4 is 17.8 Å². The molecule has 1 heterocycles. The summed E-state index contributed by atoms with van der Waals surface area (Å²) in [5.74, 6) is -0.326. The zero-order valence-electron chi connectivity index (χ0n) is 16.7. The quantitative estimate of drug-likeness (QED) is 0.703. The zero-order valence-corrected chi connectivity index (χ0v) is 16.7. The Kier molecular flexibility index (Phi) is 6.34. The third-order valence-corrected chi connectivity index (χ3v) is 5.82. The van der Waals surface area contributed by atoms with Gasteiger partial charge in [-0.1, -0.05) is 49.6 Å². The van der Waals surface area contributed by atoms with Crippen LogP contribution in [0.3, 0.4) is 0 Å². The van der Waals surface area contributed by atoms with Crippen LogP contribution in [0.15, 0.2) is 30.3 Å². The summed E-state index contributed by atoms with van der Waals surface area (Å²) < 4.78 is 0. The fraction of sp³-hybridized carbons (Fsp3) is 0.571. The van der Waals surface area contributed by atoms with Gasteiger partial charge in [-0.25, -0.2) is 4.79 Å². The maximum atomic E-state index is 12.7. The maximum absolute atomic E-state index is 12.7. The van der Waals surface area contributed by atoms with E-state index in [-0.39, 0.29) is 36.9 Å². The Morgan fingerprint density at radius 3 is 2.50 bits per heavy atom. The van der Waals surface area contributed by atoms with E-state index in [1.165, 1.54) is 4.90 Å². The van der Waals surface area contributed by atoms with Crippen LogP contribution in [-0.4, -0.2) is 60.4 Å². The highest BCUT2D eigenvalue weighted by Crippen LogP contribution is 2.33. The molecule has 1 aromatic carbocycles. The molecule has 1 saturated heterocycles. The van der Waals surface area contributed by atoms with Gasteiger partial charge in [-0.15, -0.1) is 0 Å². The van der Waals surface area contributed by atoms with E-state index in [0.717, 1.165) is 24.8 Å². The molecule has 1 saturated carbocycles. The van der Waals surface area contributed by atoms with Crippen LogP contribution in [0.1, 0.15) is 50.1 Å². The van der Waals surface area contributed by atoms with Gasteiger partial charge >= 0.3 is 6.03 Å². The largest absolute Gasteiger partial charge is 0.354 e. The molecule has 0 aromatic heterocycles. The predicted octanol–water partition coefficient (Wildman–Crippen LogP) is 2.05. The summed E-state index contributed by atoms with van der Waals surface area (Å²) in [6.45, 7) is 0.593. The van der Waals surface area contributed by atoms with Crippen molar-refractivity contribution in [2.45, 2.75) is 50.1 Å². The number of carbonyl (C=O) groups is 3. The van der Waals surface area contributed by atoms with Gasteiger partial charge in [0.1, 0.15) is 5.54 Å². The van der Waals surface area contributed by atoms with Crippen LogP contribution in [0.5, 0.6) is 0 Å². The van der Waals surface area contributed by atoms with Crippen molar-refractivity contribution in [2.75, 3.05) is 27.2 Å². The van der Waals surface area contributed by atoms with E-state index in [0.29, 0.717) is 19.4 Å². The first-order valence-electron chi connectivity index (χ1n) is 10.1. The second-order valence-corrected chi connectivity index (χ2v) is 7.97. The summed E-state index contributed by atoms with van der Waals surface area (Å²) in [5.41, 5.74) is 0.399. The number of urea groups is 1. The topological polar surface area (TPSA) is 81.8 Å². The number of nitrogens with zero attached hydrogens (tertiary/aromatic N) is 2. The first-order chi connectivity index (χ1) is 13.4. The van der Waals surface area contributed by atoms with Gasteiger partial charge in [-0.05, 0) is 32.5 Å². The average molecular weight is 386 g/mol. The molecule has 7 nitrogen and oxygen atoms in total. The Labute approximate surface area is 166 Å². The number of likely N-dealkylation sites (N-methyl/N-ethyl adjacent to an activating group) is 1. The standard InChI is InChI=1S/C21H30N4O3/c1-24(2)17(16-9-5-3-6-10-16)15-22-18(26)11-14-25-19(27)21(23-20(25)28)12-7-4-8-13-21/h3,5-6,9-10,17H,4,7-8,11-15H2,1-2H3,(H,22,26)(H,23,28). The van der Waals surface area contributed by atoms with Crippen LogP contribution in [0.25, 0.3) is 0 Å². The SMILES string of the molecule is CN(C)C(CNC(=O)CCN1C(=O)NC2(CCCCC2)C1=O)c1ccccc1. The smallest absolute Gasteiger partial charge is 0.325 e. The molecule has 3 rings (SSSR count). The number of rotatable bonds is 7. The van der Waals surface area contributed by atoms with E-state index in [2.05, 4.69) is 15.5 Å². The Bertz CT molecular complexity index is 714. The lowest BCUT2D eigenvalue weighted by atomic mass is 9.82. The second-order valence-electron chi connectivity index (χ2n) is 7.97. The molecular weight excluding hydrogens is 356 g/mol. The number of imide groups is 1. The Morgan fingerprint density at radius 2 is 1.86 bits per heavy atom. The van der Waals surface area contributed by atoms with Gasteiger partial charge < -0.3 is 15.5 Å². The number of carbonyl (C=O) groups excluding carboxylic acids is 3. The molecule has 2 N–H and O–H groups in total. The molecule has 1 spiro atoms. The van der Waals surface area contributed by atoms with Crippen molar-refractivity contribution in [1.29, 1.82) is 0 Å². The first-order valence-corrected chi connectivity index (χ1v) is 10.1. The van der Waals surface area contributed by atoms with E-state index >= 15 is 0 Å². The van der Waals surface area contributed by atoms with Gasteiger partial charge in [0.2, 0.25) is 5.91 Å². The lowest BCUT2D eigenvalue weighted by molar-refractivity contribution is -0.132.